The molecule has 3 aromatic rings. The van der Waals surface area contributed by atoms with Gasteiger partial charge in [-0.25, -0.2) is 4.98 Å². The smallest absolute Gasteiger partial charge is 0.259 e. The van der Waals surface area contributed by atoms with Crippen molar-refractivity contribution in [1.82, 2.24) is 24.4 Å². The van der Waals surface area contributed by atoms with Gasteiger partial charge in [-0.1, -0.05) is 0 Å². The van der Waals surface area contributed by atoms with Gasteiger partial charge in [-0.2, -0.15) is 4.98 Å². The van der Waals surface area contributed by atoms with E-state index in [9.17, 15) is 4.79 Å². The van der Waals surface area contributed by atoms with E-state index in [4.69, 9.17) is 9.47 Å². The molecule has 3 aromatic heterocycles. The normalized spacial score (nSPS) is 16.1. The second kappa shape index (κ2) is 7.90. The number of hydrogen-bond donors (Lipinski definition) is 0. The molecule has 1 atom stereocenters. The van der Waals surface area contributed by atoms with E-state index in [1.165, 1.54) is 14.2 Å². The summed E-state index contributed by atoms with van der Waals surface area (Å²) in [7, 11) is 3.03. The third-order valence-corrected chi connectivity index (χ3v) is 5.20. The maximum atomic E-state index is 13.1. The summed E-state index contributed by atoms with van der Waals surface area (Å²) in [5.41, 5.74) is 2.52. The number of imidazole rings is 1. The van der Waals surface area contributed by atoms with Crippen LogP contribution in [0.25, 0.3) is 11.4 Å². The van der Waals surface area contributed by atoms with Crippen LogP contribution in [-0.2, 0) is 0 Å². The van der Waals surface area contributed by atoms with Gasteiger partial charge in [-0.15, -0.1) is 0 Å². The molecule has 8 heteroatoms. The lowest BCUT2D eigenvalue weighted by Crippen LogP contribution is -2.29. The molecular formula is C21H23N5O3. The largest absolute Gasteiger partial charge is 0.481 e. The van der Waals surface area contributed by atoms with E-state index >= 15 is 0 Å². The Balaban J connectivity index is 1.58. The van der Waals surface area contributed by atoms with Gasteiger partial charge in [-0.05, 0) is 31.5 Å². The van der Waals surface area contributed by atoms with Crippen molar-refractivity contribution in [1.29, 1.82) is 0 Å². The molecule has 4 heterocycles. The second-order valence-electron chi connectivity index (χ2n) is 6.93. The lowest BCUT2D eigenvalue weighted by Gasteiger charge is -2.20. The molecule has 0 radical (unpaired) electrons. The van der Waals surface area contributed by atoms with Gasteiger partial charge >= 0.3 is 0 Å². The number of hydrogen-bond acceptors (Lipinski definition) is 6. The summed E-state index contributed by atoms with van der Waals surface area (Å²) < 4.78 is 12.6. The summed E-state index contributed by atoms with van der Waals surface area (Å²) in [5, 5.41) is 0. The van der Waals surface area contributed by atoms with E-state index in [2.05, 4.69) is 19.5 Å². The quantitative estimate of drug-likeness (QED) is 0.663. The van der Waals surface area contributed by atoms with Crippen LogP contribution in [0.5, 0.6) is 11.8 Å². The minimum Gasteiger partial charge on any atom is -0.481 e. The molecule has 1 unspecified atom stereocenters. The Morgan fingerprint density at radius 1 is 1.14 bits per heavy atom. The van der Waals surface area contributed by atoms with Gasteiger partial charge in [0.1, 0.15) is 11.4 Å². The summed E-state index contributed by atoms with van der Waals surface area (Å²) in [6.07, 6.45) is 6.25. The Labute approximate surface area is 169 Å². The van der Waals surface area contributed by atoms with Crippen molar-refractivity contribution in [2.75, 3.05) is 27.3 Å². The Kier molecular flexibility index (Phi) is 5.16. The van der Waals surface area contributed by atoms with Gasteiger partial charge in [0.2, 0.25) is 11.8 Å². The number of rotatable bonds is 5. The molecule has 0 saturated carbocycles. The highest BCUT2D eigenvalue weighted by Crippen LogP contribution is 2.31. The van der Waals surface area contributed by atoms with Gasteiger partial charge in [0.25, 0.3) is 5.91 Å². The van der Waals surface area contributed by atoms with Crippen LogP contribution >= 0.6 is 0 Å². The number of ether oxygens (including phenoxy) is 2. The topological polar surface area (TPSA) is 82.4 Å². The van der Waals surface area contributed by atoms with Crippen molar-refractivity contribution < 1.29 is 14.3 Å². The van der Waals surface area contributed by atoms with Crippen molar-refractivity contribution in [3.8, 4) is 23.1 Å². The monoisotopic (exact) mass is 393 g/mol. The summed E-state index contributed by atoms with van der Waals surface area (Å²) in [6, 6.07) is 7.42. The molecule has 29 heavy (non-hydrogen) atoms. The first-order valence-electron chi connectivity index (χ1n) is 9.45. The minimum atomic E-state index is -0.0947. The number of carbonyl (C=O) groups is 1. The Morgan fingerprint density at radius 3 is 2.66 bits per heavy atom. The minimum absolute atomic E-state index is 0.0947. The zero-order valence-corrected chi connectivity index (χ0v) is 16.7. The van der Waals surface area contributed by atoms with Crippen molar-refractivity contribution in [3.05, 3.63) is 54.1 Å². The molecule has 0 bridgehead atoms. The van der Waals surface area contributed by atoms with Crippen LogP contribution in [0, 0.1) is 6.92 Å². The summed E-state index contributed by atoms with van der Waals surface area (Å²) in [6.45, 7) is 3.30. The molecule has 1 saturated heterocycles. The lowest BCUT2D eigenvalue weighted by atomic mass is 10.2. The number of aryl methyl sites for hydroxylation is 1. The molecule has 150 valence electrons. The number of aromatic nitrogens is 4. The number of likely N-dealkylation sites (tertiary alicyclic amines) is 1. The number of methoxy groups -OCH3 is 2. The van der Waals surface area contributed by atoms with Crippen LogP contribution in [-0.4, -0.2) is 57.6 Å². The van der Waals surface area contributed by atoms with E-state index in [1.54, 1.807) is 24.5 Å². The highest BCUT2D eigenvalue weighted by Gasteiger charge is 2.31. The third kappa shape index (κ3) is 3.53. The first-order valence-corrected chi connectivity index (χ1v) is 9.45. The molecular weight excluding hydrogens is 370 g/mol. The highest BCUT2D eigenvalue weighted by atomic mass is 16.5. The van der Waals surface area contributed by atoms with Gasteiger partial charge in [-0.3, -0.25) is 9.78 Å². The zero-order chi connectivity index (χ0) is 20.4. The summed E-state index contributed by atoms with van der Waals surface area (Å²) >= 11 is 0. The third-order valence-electron chi connectivity index (χ3n) is 5.20. The number of carbonyl (C=O) groups excluding carboxylic acids is 1. The molecule has 1 fully saturated rings. The van der Waals surface area contributed by atoms with E-state index in [1.807, 2.05) is 30.2 Å². The van der Waals surface area contributed by atoms with Gasteiger partial charge < -0.3 is 18.9 Å². The second-order valence-corrected chi connectivity index (χ2v) is 6.93. The number of amides is 1. The summed E-state index contributed by atoms with van der Waals surface area (Å²) in [5.74, 6) is 1.48. The standard InChI is InChI=1S/C21H23N5O3/c1-14-12-23-19(15-6-9-22-10-7-15)26(14)16-8-11-25(13-16)21(27)17-4-5-18(28-2)24-20(17)29-3/h4-7,9-10,12,16H,8,11,13H2,1-3H3. The highest BCUT2D eigenvalue weighted by molar-refractivity contribution is 5.96. The predicted octanol–water partition coefficient (Wildman–Crippen LogP) is 2.75. The van der Waals surface area contributed by atoms with E-state index in [-0.39, 0.29) is 17.8 Å². The van der Waals surface area contributed by atoms with Crippen molar-refractivity contribution in [2.45, 2.75) is 19.4 Å². The lowest BCUT2D eigenvalue weighted by molar-refractivity contribution is 0.0783. The molecule has 1 aliphatic heterocycles. The van der Waals surface area contributed by atoms with Crippen LogP contribution in [0.4, 0.5) is 0 Å². The van der Waals surface area contributed by atoms with E-state index in [0.29, 0.717) is 24.5 Å². The molecule has 1 aliphatic rings. The van der Waals surface area contributed by atoms with Crippen molar-refractivity contribution >= 4 is 5.91 Å². The average Bonchev–Trinajstić information content (AvgIpc) is 3.40. The first-order chi connectivity index (χ1) is 14.1. The molecule has 0 N–H and O–H groups in total. The molecule has 0 aliphatic carbocycles. The fraction of sp³-hybridized carbons (Fsp3) is 0.333. The average molecular weight is 393 g/mol. The van der Waals surface area contributed by atoms with Crippen LogP contribution in [0.3, 0.4) is 0 Å². The van der Waals surface area contributed by atoms with E-state index in [0.717, 1.165) is 23.5 Å². The summed E-state index contributed by atoms with van der Waals surface area (Å²) in [4.78, 5) is 27.9. The molecule has 8 nitrogen and oxygen atoms in total. The molecule has 0 spiro atoms. The fourth-order valence-electron chi connectivity index (χ4n) is 3.78. The Hall–Kier alpha value is -3.42. The SMILES string of the molecule is COc1ccc(C(=O)N2CCC(n3c(C)cnc3-c3ccncc3)C2)c(OC)n1. The molecule has 4 rings (SSSR count). The Bertz CT molecular complexity index is 1020. The number of pyridine rings is 2. The van der Waals surface area contributed by atoms with E-state index < -0.39 is 0 Å². The van der Waals surface area contributed by atoms with Gasteiger partial charge in [0.15, 0.2) is 0 Å². The van der Waals surface area contributed by atoms with Crippen molar-refractivity contribution in [2.24, 2.45) is 0 Å². The predicted molar refractivity (Wildman–Crippen MR) is 107 cm³/mol. The van der Waals surface area contributed by atoms with Gasteiger partial charge in [0.05, 0.1) is 20.3 Å². The van der Waals surface area contributed by atoms with Gasteiger partial charge in [0, 0.05) is 49.0 Å². The van der Waals surface area contributed by atoms with Crippen LogP contribution in [0.1, 0.15) is 28.5 Å². The first kappa shape index (κ1) is 18.9. The molecule has 0 aromatic carbocycles. The number of nitrogens with zero attached hydrogens (tertiary/aromatic N) is 5. The molecule has 1 amide bonds. The Morgan fingerprint density at radius 2 is 1.93 bits per heavy atom. The van der Waals surface area contributed by atoms with Crippen LogP contribution < -0.4 is 9.47 Å². The maximum absolute atomic E-state index is 13.1. The van der Waals surface area contributed by atoms with Crippen molar-refractivity contribution in [3.63, 3.8) is 0 Å². The fourth-order valence-corrected chi connectivity index (χ4v) is 3.78. The maximum Gasteiger partial charge on any atom is 0.259 e. The van der Waals surface area contributed by atoms with Crippen LogP contribution in [0.2, 0.25) is 0 Å². The zero-order valence-electron chi connectivity index (χ0n) is 16.7. The van der Waals surface area contributed by atoms with Crippen LogP contribution in [0.15, 0.2) is 42.9 Å².